The fourth-order valence-electron chi connectivity index (χ4n) is 3.94. The van der Waals surface area contributed by atoms with Crippen LogP contribution in [0, 0.1) is 35.5 Å². The number of hydrogen-bond acceptors (Lipinski definition) is 2. The molecule has 0 N–H and O–H groups in total. The van der Waals surface area contributed by atoms with E-state index < -0.39 is 0 Å². The van der Waals surface area contributed by atoms with Gasteiger partial charge in [0.05, 0.1) is 13.2 Å². The molecular formula is C23H46O2. The lowest BCUT2D eigenvalue weighted by Crippen LogP contribution is -2.27. The molecule has 3 unspecified atom stereocenters. The zero-order valence-electron chi connectivity index (χ0n) is 18.2. The van der Waals surface area contributed by atoms with Crippen molar-refractivity contribution in [3.05, 3.63) is 0 Å². The molecule has 0 bridgehead atoms. The van der Waals surface area contributed by atoms with Gasteiger partial charge in [0.15, 0.2) is 6.29 Å². The van der Waals surface area contributed by atoms with Crippen molar-refractivity contribution in [3.63, 3.8) is 0 Å². The standard InChI is InChI=1S/C9H18.C8H16.C6H12O2/c1-7-4-5-8(2)9(3)6-7;1-7-3-5-8(2)6-4-7;1-5-3-7-6(2)8-4-5/h7-9H,4-6H2,1-3H3;7-8H,3-6H2,1-2H3;5-6H,3-4H2,1-2H3. The van der Waals surface area contributed by atoms with E-state index >= 15 is 0 Å². The van der Waals surface area contributed by atoms with E-state index in [-0.39, 0.29) is 6.29 Å². The van der Waals surface area contributed by atoms with E-state index in [1.807, 2.05) is 6.92 Å². The second kappa shape index (κ2) is 12.3. The lowest BCUT2D eigenvalue weighted by Gasteiger charge is -2.29. The molecule has 3 fully saturated rings. The van der Waals surface area contributed by atoms with Gasteiger partial charge in [-0.3, -0.25) is 0 Å². The van der Waals surface area contributed by atoms with Gasteiger partial charge in [-0.15, -0.1) is 0 Å². The van der Waals surface area contributed by atoms with E-state index in [2.05, 4.69) is 41.5 Å². The molecule has 0 aromatic heterocycles. The molecule has 1 saturated heterocycles. The molecule has 0 aromatic rings. The fourth-order valence-corrected chi connectivity index (χ4v) is 3.94. The Bertz CT molecular complexity index is 274. The summed E-state index contributed by atoms with van der Waals surface area (Å²) in [5.41, 5.74) is 0. The average molecular weight is 355 g/mol. The molecule has 0 radical (unpaired) electrons. The van der Waals surface area contributed by atoms with Gasteiger partial charge in [0.2, 0.25) is 0 Å². The minimum atomic E-state index is 0.0196. The van der Waals surface area contributed by atoms with Crippen LogP contribution in [0.15, 0.2) is 0 Å². The van der Waals surface area contributed by atoms with Gasteiger partial charge in [-0.05, 0) is 42.9 Å². The average Bonchev–Trinajstić information content (AvgIpc) is 2.58. The van der Waals surface area contributed by atoms with Crippen molar-refractivity contribution in [2.45, 2.75) is 99.7 Å². The fraction of sp³-hybridized carbons (Fsp3) is 1.00. The normalized spacial score (nSPS) is 41.6. The summed E-state index contributed by atoms with van der Waals surface area (Å²) in [7, 11) is 0. The van der Waals surface area contributed by atoms with Crippen LogP contribution in [-0.4, -0.2) is 19.5 Å². The monoisotopic (exact) mass is 354 g/mol. The summed E-state index contributed by atoms with van der Waals surface area (Å²) in [5, 5.41) is 0. The number of ether oxygens (including phenoxy) is 2. The molecule has 3 atom stereocenters. The Morgan fingerprint density at radius 3 is 1.28 bits per heavy atom. The van der Waals surface area contributed by atoms with Crippen molar-refractivity contribution in [2.24, 2.45) is 35.5 Å². The van der Waals surface area contributed by atoms with Crippen LogP contribution in [-0.2, 0) is 9.47 Å². The molecule has 2 saturated carbocycles. The summed E-state index contributed by atoms with van der Waals surface area (Å²) in [4.78, 5) is 0. The maximum atomic E-state index is 5.17. The first-order valence-corrected chi connectivity index (χ1v) is 11.0. The molecule has 2 nitrogen and oxygen atoms in total. The number of hydrogen-bond donors (Lipinski definition) is 0. The van der Waals surface area contributed by atoms with Gasteiger partial charge in [0.1, 0.15) is 0 Å². The lowest BCUT2D eigenvalue weighted by molar-refractivity contribution is -0.187. The van der Waals surface area contributed by atoms with Gasteiger partial charge < -0.3 is 9.47 Å². The SMILES string of the molecule is CC1CCC(C)C(C)C1.CC1CCC(C)CC1.CC1COC(C)OC1. The molecular weight excluding hydrogens is 308 g/mol. The Morgan fingerprint density at radius 2 is 0.920 bits per heavy atom. The summed E-state index contributed by atoms with van der Waals surface area (Å²) >= 11 is 0. The van der Waals surface area contributed by atoms with Gasteiger partial charge in [-0.1, -0.05) is 80.1 Å². The highest BCUT2D eigenvalue weighted by atomic mass is 16.7. The van der Waals surface area contributed by atoms with E-state index in [1.165, 1.54) is 44.9 Å². The topological polar surface area (TPSA) is 18.5 Å². The first kappa shape index (κ1) is 23.0. The summed E-state index contributed by atoms with van der Waals surface area (Å²) < 4.78 is 10.3. The summed E-state index contributed by atoms with van der Waals surface area (Å²) in [5.74, 6) is 5.58. The largest absolute Gasteiger partial charge is 0.353 e. The van der Waals surface area contributed by atoms with Gasteiger partial charge >= 0.3 is 0 Å². The van der Waals surface area contributed by atoms with Crippen molar-refractivity contribution in [1.82, 2.24) is 0 Å². The Labute approximate surface area is 158 Å². The Hall–Kier alpha value is -0.0800. The van der Waals surface area contributed by atoms with Crippen LogP contribution >= 0.6 is 0 Å². The molecule has 150 valence electrons. The highest BCUT2D eigenvalue weighted by molar-refractivity contribution is 4.72. The first-order chi connectivity index (χ1) is 11.8. The molecule has 2 aliphatic carbocycles. The van der Waals surface area contributed by atoms with E-state index in [1.54, 1.807) is 0 Å². The smallest absolute Gasteiger partial charge is 0.154 e. The molecule has 1 aliphatic heterocycles. The van der Waals surface area contributed by atoms with Crippen LogP contribution in [0.2, 0.25) is 0 Å². The third kappa shape index (κ3) is 10.6. The van der Waals surface area contributed by atoms with Crippen LogP contribution in [0.5, 0.6) is 0 Å². The minimum absolute atomic E-state index is 0.0196. The maximum absolute atomic E-state index is 5.17. The van der Waals surface area contributed by atoms with Crippen molar-refractivity contribution >= 4 is 0 Å². The zero-order chi connectivity index (χ0) is 18.8. The zero-order valence-corrected chi connectivity index (χ0v) is 18.2. The molecule has 1 heterocycles. The number of rotatable bonds is 0. The quantitative estimate of drug-likeness (QED) is 0.469. The molecule has 2 heteroatoms. The maximum Gasteiger partial charge on any atom is 0.154 e. The van der Waals surface area contributed by atoms with E-state index in [9.17, 15) is 0 Å². The summed E-state index contributed by atoms with van der Waals surface area (Å²) in [6, 6.07) is 0. The minimum Gasteiger partial charge on any atom is -0.353 e. The summed E-state index contributed by atoms with van der Waals surface area (Å²) in [6.07, 6.45) is 10.3. The van der Waals surface area contributed by atoms with Gasteiger partial charge in [-0.25, -0.2) is 0 Å². The van der Waals surface area contributed by atoms with Crippen LogP contribution in [0.25, 0.3) is 0 Å². The van der Waals surface area contributed by atoms with Crippen molar-refractivity contribution in [2.75, 3.05) is 13.2 Å². The predicted molar refractivity (Wildman–Crippen MR) is 109 cm³/mol. The van der Waals surface area contributed by atoms with Gasteiger partial charge in [0, 0.05) is 5.92 Å². The van der Waals surface area contributed by atoms with Crippen LogP contribution in [0.3, 0.4) is 0 Å². The Kier molecular flexibility index (Phi) is 11.3. The van der Waals surface area contributed by atoms with E-state index in [4.69, 9.17) is 9.47 Å². The van der Waals surface area contributed by atoms with Crippen molar-refractivity contribution in [1.29, 1.82) is 0 Å². The molecule has 0 spiro atoms. The van der Waals surface area contributed by atoms with Crippen LogP contribution in [0.4, 0.5) is 0 Å². The third-order valence-corrected chi connectivity index (χ3v) is 6.40. The molecule has 0 amide bonds. The predicted octanol–water partition coefficient (Wildman–Crippen LogP) is 6.93. The van der Waals surface area contributed by atoms with Crippen molar-refractivity contribution < 1.29 is 9.47 Å². The van der Waals surface area contributed by atoms with Gasteiger partial charge in [0.25, 0.3) is 0 Å². The molecule has 0 aromatic carbocycles. The van der Waals surface area contributed by atoms with Gasteiger partial charge in [-0.2, -0.15) is 0 Å². The highest BCUT2D eigenvalue weighted by Gasteiger charge is 2.21. The van der Waals surface area contributed by atoms with Crippen LogP contribution in [0.1, 0.15) is 93.4 Å². The first-order valence-electron chi connectivity index (χ1n) is 11.0. The Balaban J connectivity index is 0.000000188. The third-order valence-electron chi connectivity index (χ3n) is 6.40. The van der Waals surface area contributed by atoms with Crippen molar-refractivity contribution in [3.8, 4) is 0 Å². The molecule has 3 rings (SSSR count). The van der Waals surface area contributed by atoms with E-state index in [0.29, 0.717) is 5.92 Å². The summed E-state index contributed by atoms with van der Waals surface area (Å²) in [6.45, 7) is 17.6. The Morgan fingerprint density at radius 1 is 0.480 bits per heavy atom. The second-order valence-electron chi connectivity index (χ2n) is 9.58. The molecule has 3 aliphatic rings. The lowest BCUT2D eigenvalue weighted by atomic mass is 9.77. The highest BCUT2D eigenvalue weighted by Crippen LogP contribution is 2.32. The second-order valence-corrected chi connectivity index (χ2v) is 9.58. The molecule has 25 heavy (non-hydrogen) atoms. The van der Waals surface area contributed by atoms with Crippen LogP contribution < -0.4 is 0 Å². The van der Waals surface area contributed by atoms with E-state index in [0.717, 1.165) is 42.8 Å².